The van der Waals surface area contributed by atoms with Gasteiger partial charge in [0.05, 0.1) is 0 Å². The summed E-state index contributed by atoms with van der Waals surface area (Å²) in [6.07, 6.45) is 20.9. The van der Waals surface area contributed by atoms with E-state index in [1.807, 2.05) is 31.2 Å². The zero-order valence-corrected chi connectivity index (χ0v) is 15.9. The van der Waals surface area contributed by atoms with Gasteiger partial charge in [-0.15, -0.1) is 13.2 Å². The van der Waals surface area contributed by atoms with Gasteiger partial charge in [0.15, 0.2) is 0 Å². The molecule has 0 unspecified atom stereocenters. The summed E-state index contributed by atoms with van der Waals surface area (Å²) in [4.78, 5) is 0. The normalized spacial score (nSPS) is 11.5. The predicted molar refractivity (Wildman–Crippen MR) is 107 cm³/mol. The van der Waals surface area contributed by atoms with Crippen LogP contribution in [0.4, 0.5) is 0 Å². The summed E-state index contributed by atoms with van der Waals surface area (Å²) < 4.78 is 0. The monoisotopic (exact) mass is 302 g/mol. The Morgan fingerprint density at radius 3 is 1.68 bits per heavy atom. The summed E-state index contributed by atoms with van der Waals surface area (Å²) >= 11 is 0. The molecule has 0 heteroatoms. The molecule has 0 atom stereocenters. The second kappa shape index (κ2) is 24.5. The van der Waals surface area contributed by atoms with Gasteiger partial charge in [-0.05, 0) is 51.2 Å². The Labute approximate surface area is 140 Å². The zero-order chi connectivity index (χ0) is 17.6. The van der Waals surface area contributed by atoms with Gasteiger partial charge in [0, 0.05) is 0 Å². The maximum Gasteiger partial charge on any atom is -0.0282 e. The highest BCUT2D eigenvalue weighted by Crippen LogP contribution is 2.15. The van der Waals surface area contributed by atoms with Crippen LogP contribution in [0.2, 0.25) is 0 Å². The third-order valence-corrected chi connectivity index (χ3v) is 2.71. The first-order valence-electron chi connectivity index (χ1n) is 8.42. The van der Waals surface area contributed by atoms with Crippen molar-refractivity contribution in [2.24, 2.45) is 0 Å². The summed E-state index contributed by atoms with van der Waals surface area (Å²) in [7, 11) is 0. The molecular weight excluding hydrogens is 264 g/mol. The standard InChI is InChI=1S/C14H22.2C4H8/c1-5-8-9-10-12-13(4)14(7-3)11-6-2;2*1-3-4-2/h5,7-10,12H,6,11H2,1-4H3;2*3H,1,4H2,2H3/b8-5?,10-9-,13-12+,14-7-;;. The second-order valence-electron chi connectivity index (χ2n) is 4.72. The van der Waals surface area contributed by atoms with E-state index in [1.165, 1.54) is 24.0 Å². The van der Waals surface area contributed by atoms with E-state index in [9.17, 15) is 0 Å². The quantitative estimate of drug-likeness (QED) is 0.330. The first kappa shape index (κ1) is 25.4. The van der Waals surface area contributed by atoms with Crippen molar-refractivity contribution in [2.75, 3.05) is 0 Å². The van der Waals surface area contributed by atoms with Crippen LogP contribution in [0.1, 0.15) is 67.2 Å². The van der Waals surface area contributed by atoms with Crippen molar-refractivity contribution in [3.8, 4) is 0 Å². The number of hydrogen-bond acceptors (Lipinski definition) is 0. The highest BCUT2D eigenvalue weighted by atomic mass is 14.0. The highest BCUT2D eigenvalue weighted by molar-refractivity contribution is 5.32. The van der Waals surface area contributed by atoms with Gasteiger partial charge in [-0.25, -0.2) is 0 Å². The molecule has 0 aromatic rings. The Kier molecular flexibility index (Phi) is 28.2. The SMILES string of the molecule is C=CCC.C=CCC.CC=C\C=C/C=C(C)/C(=C\C)CCC. The van der Waals surface area contributed by atoms with E-state index in [4.69, 9.17) is 0 Å². The van der Waals surface area contributed by atoms with Gasteiger partial charge < -0.3 is 0 Å². The third-order valence-electron chi connectivity index (χ3n) is 2.71. The molecule has 0 spiro atoms. The van der Waals surface area contributed by atoms with Gasteiger partial charge in [0.2, 0.25) is 0 Å². The molecule has 0 amide bonds. The van der Waals surface area contributed by atoms with Crippen molar-refractivity contribution in [1.29, 1.82) is 0 Å². The third kappa shape index (κ3) is 23.5. The summed E-state index contributed by atoms with van der Waals surface area (Å²) in [6.45, 7) is 19.6. The minimum Gasteiger partial charge on any atom is -0.103 e. The van der Waals surface area contributed by atoms with Gasteiger partial charge in [-0.1, -0.05) is 75.8 Å². The largest absolute Gasteiger partial charge is 0.103 e. The second-order valence-corrected chi connectivity index (χ2v) is 4.72. The van der Waals surface area contributed by atoms with Gasteiger partial charge in [-0.2, -0.15) is 0 Å². The molecule has 0 fully saturated rings. The molecule has 0 aliphatic carbocycles. The molecule has 0 bridgehead atoms. The van der Waals surface area contributed by atoms with E-state index in [0.717, 1.165) is 12.8 Å². The summed E-state index contributed by atoms with van der Waals surface area (Å²) in [6, 6.07) is 0. The zero-order valence-electron chi connectivity index (χ0n) is 15.9. The van der Waals surface area contributed by atoms with Crippen molar-refractivity contribution in [3.63, 3.8) is 0 Å². The van der Waals surface area contributed by atoms with E-state index in [-0.39, 0.29) is 0 Å². The van der Waals surface area contributed by atoms with E-state index < -0.39 is 0 Å². The van der Waals surface area contributed by atoms with Crippen LogP contribution in [0.3, 0.4) is 0 Å². The molecule has 0 rings (SSSR count). The Bertz CT molecular complexity index is 340. The first-order valence-corrected chi connectivity index (χ1v) is 8.42. The Hall–Kier alpha value is -1.56. The summed E-state index contributed by atoms with van der Waals surface area (Å²) in [5, 5.41) is 0. The van der Waals surface area contributed by atoms with E-state index in [2.05, 4.69) is 72.1 Å². The average molecular weight is 303 g/mol. The maximum atomic E-state index is 3.48. The molecule has 0 saturated heterocycles. The predicted octanol–water partition coefficient (Wildman–Crippen LogP) is 7.98. The Morgan fingerprint density at radius 2 is 1.36 bits per heavy atom. The van der Waals surface area contributed by atoms with Crippen LogP contribution in [0, 0.1) is 0 Å². The van der Waals surface area contributed by atoms with Gasteiger partial charge in [-0.3, -0.25) is 0 Å². The fourth-order valence-electron chi connectivity index (χ4n) is 1.32. The lowest BCUT2D eigenvalue weighted by Gasteiger charge is -2.04. The molecule has 0 heterocycles. The summed E-state index contributed by atoms with van der Waals surface area (Å²) in [5.41, 5.74) is 2.83. The number of hydrogen-bond donors (Lipinski definition) is 0. The molecule has 0 nitrogen and oxygen atoms in total. The minimum atomic E-state index is 1.08. The fraction of sp³-hybridized carbons (Fsp3) is 0.455. The first-order chi connectivity index (χ1) is 10.6. The topological polar surface area (TPSA) is 0 Å². The molecule has 0 saturated carbocycles. The molecule has 0 aliphatic rings. The van der Waals surface area contributed by atoms with Crippen molar-refractivity contribution < 1.29 is 0 Å². The molecular formula is C22H38. The average Bonchev–Trinajstić information content (AvgIpc) is 2.56. The number of rotatable bonds is 7. The minimum absolute atomic E-state index is 1.08. The van der Waals surface area contributed by atoms with Gasteiger partial charge in [0.25, 0.3) is 0 Å². The van der Waals surface area contributed by atoms with Crippen LogP contribution >= 0.6 is 0 Å². The molecule has 0 N–H and O–H groups in total. The molecule has 0 radical (unpaired) electrons. The Morgan fingerprint density at radius 1 is 0.864 bits per heavy atom. The van der Waals surface area contributed by atoms with Crippen LogP contribution in [0.25, 0.3) is 0 Å². The molecule has 0 aromatic carbocycles. The maximum absolute atomic E-state index is 3.48. The summed E-state index contributed by atoms with van der Waals surface area (Å²) in [5.74, 6) is 0. The molecule has 22 heavy (non-hydrogen) atoms. The lowest BCUT2D eigenvalue weighted by Crippen LogP contribution is -1.84. The molecule has 126 valence electrons. The smallest absolute Gasteiger partial charge is 0.0282 e. The van der Waals surface area contributed by atoms with Crippen LogP contribution in [-0.4, -0.2) is 0 Å². The van der Waals surface area contributed by atoms with Crippen LogP contribution in [0.5, 0.6) is 0 Å². The van der Waals surface area contributed by atoms with Crippen molar-refractivity contribution in [3.05, 3.63) is 72.9 Å². The lowest BCUT2D eigenvalue weighted by atomic mass is 10.0. The van der Waals surface area contributed by atoms with Crippen molar-refractivity contribution in [2.45, 2.75) is 67.2 Å². The fourth-order valence-corrected chi connectivity index (χ4v) is 1.32. The van der Waals surface area contributed by atoms with Crippen molar-refractivity contribution in [1.82, 2.24) is 0 Å². The van der Waals surface area contributed by atoms with E-state index in [1.54, 1.807) is 0 Å². The van der Waals surface area contributed by atoms with Crippen LogP contribution < -0.4 is 0 Å². The van der Waals surface area contributed by atoms with Crippen LogP contribution in [0.15, 0.2) is 72.9 Å². The lowest BCUT2D eigenvalue weighted by molar-refractivity contribution is 0.909. The Balaban J connectivity index is -0.000000372. The van der Waals surface area contributed by atoms with Crippen molar-refractivity contribution >= 4 is 0 Å². The van der Waals surface area contributed by atoms with Gasteiger partial charge in [0.1, 0.15) is 0 Å². The van der Waals surface area contributed by atoms with Gasteiger partial charge >= 0.3 is 0 Å². The van der Waals surface area contributed by atoms with E-state index >= 15 is 0 Å². The molecule has 0 aromatic heterocycles. The molecule has 0 aliphatic heterocycles. The van der Waals surface area contributed by atoms with E-state index in [0.29, 0.717) is 0 Å². The highest BCUT2D eigenvalue weighted by Gasteiger charge is 1.95. The van der Waals surface area contributed by atoms with Crippen LogP contribution in [-0.2, 0) is 0 Å². The number of allylic oxidation sites excluding steroid dienone is 10.